The van der Waals surface area contributed by atoms with Crippen LogP contribution < -0.4 is 4.72 Å². The molecule has 0 bridgehead atoms. The van der Waals surface area contributed by atoms with E-state index < -0.39 is 35.4 Å². The number of halogens is 4. The summed E-state index contributed by atoms with van der Waals surface area (Å²) >= 11 is 0. The third-order valence-corrected chi connectivity index (χ3v) is 3.75. The lowest BCUT2D eigenvalue weighted by atomic mass is 10.0. The van der Waals surface area contributed by atoms with E-state index in [4.69, 9.17) is 5.26 Å². The minimum atomic E-state index is -4.59. The number of aromatic nitrogens is 1. The largest absolute Gasteiger partial charge is 0.405 e. The highest BCUT2D eigenvalue weighted by molar-refractivity contribution is 7.82. The first-order valence-electron chi connectivity index (χ1n) is 7.09. The summed E-state index contributed by atoms with van der Waals surface area (Å²) in [5.74, 6) is -0.747. The first-order chi connectivity index (χ1) is 11.2. The fraction of sp³-hybridized carbons (Fsp3) is 0.400. The second-order valence-corrected chi connectivity index (χ2v) is 5.78. The average Bonchev–Trinajstić information content (AvgIpc) is 2.90. The molecule has 4 nitrogen and oxygen atoms in total. The Morgan fingerprint density at radius 3 is 2.50 bits per heavy atom. The molecule has 24 heavy (non-hydrogen) atoms. The fourth-order valence-corrected chi connectivity index (χ4v) is 2.77. The van der Waals surface area contributed by atoms with Crippen LogP contribution in [0.25, 0.3) is 10.9 Å². The summed E-state index contributed by atoms with van der Waals surface area (Å²) in [4.78, 5) is 2.63. The molecule has 2 atom stereocenters. The maximum atomic E-state index is 13.5. The number of H-pyrrole nitrogens is 1. The molecule has 0 amide bonds. The molecule has 1 aromatic carbocycles. The fourth-order valence-electron chi connectivity index (χ4n) is 2.15. The van der Waals surface area contributed by atoms with E-state index in [0.29, 0.717) is 5.39 Å². The van der Waals surface area contributed by atoms with Crippen molar-refractivity contribution in [2.75, 3.05) is 6.26 Å². The zero-order valence-corrected chi connectivity index (χ0v) is 14.1. The van der Waals surface area contributed by atoms with Crippen LogP contribution in [0.15, 0.2) is 18.3 Å². The van der Waals surface area contributed by atoms with Crippen LogP contribution in [0.5, 0.6) is 0 Å². The highest BCUT2D eigenvalue weighted by Gasteiger charge is 2.40. The first-order valence-corrected chi connectivity index (χ1v) is 8.64. The minimum absolute atomic E-state index is 0.149. The smallest absolute Gasteiger partial charge is 0.360 e. The van der Waals surface area contributed by atoms with Gasteiger partial charge in [0.2, 0.25) is 0 Å². The normalized spacial score (nSPS) is 13.8. The first kappa shape index (κ1) is 20.1. The van der Waals surface area contributed by atoms with Crippen LogP contribution in [-0.4, -0.2) is 27.7 Å². The van der Waals surface area contributed by atoms with Crippen molar-refractivity contribution in [1.82, 2.24) is 9.71 Å². The zero-order valence-electron chi connectivity index (χ0n) is 13.3. The van der Waals surface area contributed by atoms with Crippen LogP contribution in [0.3, 0.4) is 0 Å². The molecule has 2 N–H and O–H groups in total. The standard InChI is InChI=1S/C13H11F4N3OS.C2H6/c1-22(21)20-11(13(15,16)17)4-7-6-19-12-8(7)2-3-10(14)9(12)5-18;1-2/h2-3,6,11,19-20H,4H2,1H3;1-2H3. The van der Waals surface area contributed by atoms with Crippen LogP contribution in [0.2, 0.25) is 0 Å². The number of nitrogens with zero attached hydrogens (tertiary/aromatic N) is 1. The molecule has 1 heterocycles. The SMILES string of the molecule is CC.CS(=O)NC(Cc1c[nH]c2c(C#N)c(F)ccc12)C(F)(F)F. The molecular formula is C15H17F4N3OS. The summed E-state index contributed by atoms with van der Waals surface area (Å²) in [6.45, 7) is 4.00. The van der Waals surface area contributed by atoms with E-state index in [2.05, 4.69) is 4.98 Å². The van der Waals surface area contributed by atoms with Gasteiger partial charge in [-0.2, -0.15) is 18.4 Å². The molecule has 132 valence electrons. The lowest BCUT2D eigenvalue weighted by Crippen LogP contribution is -2.44. The van der Waals surface area contributed by atoms with Crippen molar-refractivity contribution in [3.8, 4) is 6.07 Å². The predicted octanol–water partition coefficient (Wildman–Crippen LogP) is 3.56. The van der Waals surface area contributed by atoms with Crippen molar-refractivity contribution in [3.63, 3.8) is 0 Å². The van der Waals surface area contributed by atoms with Gasteiger partial charge < -0.3 is 4.98 Å². The topological polar surface area (TPSA) is 68.7 Å². The van der Waals surface area contributed by atoms with Crippen LogP contribution in [-0.2, 0) is 17.4 Å². The molecule has 2 unspecified atom stereocenters. The maximum absolute atomic E-state index is 13.5. The molecule has 2 rings (SSSR count). The Balaban J connectivity index is 0.00000139. The van der Waals surface area contributed by atoms with Gasteiger partial charge in [-0.25, -0.2) is 13.3 Å². The number of fused-ring (bicyclic) bond motifs is 1. The van der Waals surface area contributed by atoms with Crippen LogP contribution in [0.1, 0.15) is 25.0 Å². The van der Waals surface area contributed by atoms with Crippen molar-refractivity contribution >= 4 is 21.9 Å². The molecule has 0 spiro atoms. The molecule has 9 heteroatoms. The summed E-state index contributed by atoms with van der Waals surface area (Å²) in [6.07, 6.45) is -2.67. The quantitative estimate of drug-likeness (QED) is 0.816. The zero-order chi connectivity index (χ0) is 18.5. The predicted molar refractivity (Wildman–Crippen MR) is 85.1 cm³/mol. The van der Waals surface area contributed by atoms with Crippen LogP contribution in [0, 0.1) is 17.1 Å². The summed E-state index contributed by atoms with van der Waals surface area (Å²) < 4.78 is 65.4. The molecule has 2 aromatic rings. The van der Waals surface area contributed by atoms with E-state index in [1.807, 2.05) is 18.6 Å². The van der Waals surface area contributed by atoms with Gasteiger partial charge in [0.1, 0.15) is 23.5 Å². The van der Waals surface area contributed by atoms with E-state index in [9.17, 15) is 21.8 Å². The third-order valence-electron chi connectivity index (χ3n) is 3.13. The van der Waals surface area contributed by atoms with E-state index in [0.717, 1.165) is 12.3 Å². The number of benzene rings is 1. The number of hydrogen-bond donors (Lipinski definition) is 2. The molecule has 0 aliphatic carbocycles. The van der Waals surface area contributed by atoms with E-state index in [-0.39, 0.29) is 16.6 Å². The summed E-state index contributed by atoms with van der Waals surface area (Å²) in [6, 6.07) is 2.02. The summed E-state index contributed by atoms with van der Waals surface area (Å²) in [5.41, 5.74) is 0.155. The van der Waals surface area contributed by atoms with Gasteiger partial charge in [-0.15, -0.1) is 0 Å². The summed E-state index contributed by atoms with van der Waals surface area (Å²) in [7, 11) is -1.84. The van der Waals surface area contributed by atoms with E-state index in [1.165, 1.54) is 12.3 Å². The van der Waals surface area contributed by atoms with Gasteiger partial charge in [0.05, 0.1) is 16.5 Å². The van der Waals surface area contributed by atoms with Gasteiger partial charge in [-0.05, 0) is 24.1 Å². The Kier molecular flexibility index (Phi) is 6.93. The monoisotopic (exact) mass is 363 g/mol. The van der Waals surface area contributed by atoms with Crippen molar-refractivity contribution in [1.29, 1.82) is 5.26 Å². The number of alkyl halides is 3. The third kappa shape index (κ3) is 4.55. The number of nitriles is 1. The van der Waals surface area contributed by atoms with E-state index in [1.54, 1.807) is 6.07 Å². The van der Waals surface area contributed by atoms with Gasteiger partial charge in [0, 0.05) is 17.8 Å². The Bertz CT molecular complexity index is 764. The summed E-state index contributed by atoms with van der Waals surface area (Å²) in [5, 5.41) is 9.24. The van der Waals surface area contributed by atoms with Gasteiger partial charge >= 0.3 is 6.18 Å². The van der Waals surface area contributed by atoms with Gasteiger partial charge in [0.15, 0.2) is 0 Å². The lowest BCUT2D eigenvalue weighted by molar-refractivity contribution is -0.150. The maximum Gasteiger partial charge on any atom is 0.405 e. The number of rotatable bonds is 4. The second kappa shape index (κ2) is 8.26. The van der Waals surface area contributed by atoms with Crippen LogP contribution in [0.4, 0.5) is 17.6 Å². The number of hydrogen-bond acceptors (Lipinski definition) is 2. The minimum Gasteiger partial charge on any atom is -0.360 e. The van der Waals surface area contributed by atoms with Gasteiger partial charge in [-0.3, -0.25) is 0 Å². The molecular weight excluding hydrogens is 346 g/mol. The molecule has 1 aromatic heterocycles. The van der Waals surface area contributed by atoms with Gasteiger partial charge in [0.25, 0.3) is 0 Å². The molecule has 0 radical (unpaired) electrons. The molecule has 0 saturated heterocycles. The highest BCUT2D eigenvalue weighted by Crippen LogP contribution is 2.28. The molecule has 0 aliphatic rings. The molecule has 0 saturated carbocycles. The molecule has 0 fully saturated rings. The number of aromatic amines is 1. The van der Waals surface area contributed by atoms with Crippen molar-refractivity contribution < 1.29 is 21.8 Å². The number of nitrogens with one attached hydrogen (secondary N) is 2. The lowest BCUT2D eigenvalue weighted by Gasteiger charge is -2.20. The van der Waals surface area contributed by atoms with Crippen LogP contribution >= 0.6 is 0 Å². The Morgan fingerprint density at radius 2 is 2.00 bits per heavy atom. The van der Waals surface area contributed by atoms with E-state index >= 15 is 0 Å². The Labute approximate surface area is 139 Å². The Hall–Kier alpha value is -1.92. The van der Waals surface area contributed by atoms with Gasteiger partial charge in [-0.1, -0.05) is 13.8 Å². The van der Waals surface area contributed by atoms with Crippen molar-refractivity contribution in [2.45, 2.75) is 32.5 Å². The second-order valence-electron chi connectivity index (χ2n) is 4.64. The highest BCUT2D eigenvalue weighted by atomic mass is 32.2. The Morgan fingerprint density at radius 1 is 1.38 bits per heavy atom. The molecule has 0 aliphatic heterocycles. The average molecular weight is 363 g/mol. The van der Waals surface area contributed by atoms with Crippen molar-refractivity contribution in [2.24, 2.45) is 0 Å². The van der Waals surface area contributed by atoms with Crippen molar-refractivity contribution in [3.05, 3.63) is 35.3 Å².